The molecule has 4 heterocycles. The van der Waals surface area contributed by atoms with E-state index in [0.717, 1.165) is 58.8 Å². The van der Waals surface area contributed by atoms with Crippen LogP contribution in [0.3, 0.4) is 0 Å². The predicted molar refractivity (Wildman–Crippen MR) is 126 cm³/mol. The number of ether oxygens (including phenoxy) is 1. The number of hydrogen-bond acceptors (Lipinski definition) is 6. The van der Waals surface area contributed by atoms with E-state index in [2.05, 4.69) is 27.6 Å². The second-order valence-corrected chi connectivity index (χ2v) is 9.31. The number of amides is 3. The molecule has 0 bridgehead atoms. The van der Waals surface area contributed by atoms with Crippen molar-refractivity contribution < 1.29 is 14.3 Å². The lowest BCUT2D eigenvalue weighted by Crippen LogP contribution is -2.46. The van der Waals surface area contributed by atoms with Crippen molar-refractivity contribution in [2.24, 2.45) is 0 Å². The van der Waals surface area contributed by atoms with E-state index in [9.17, 15) is 9.59 Å². The minimum Gasteiger partial charge on any atom is -0.497 e. The summed E-state index contributed by atoms with van der Waals surface area (Å²) in [6, 6.07) is 7.21. The third-order valence-electron chi connectivity index (χ3n) is 6.06. The number of likely N-dealkylation sites (tertiary alicyclic amines) is 1. The van der Waals surface area contributed by atoms with Gasteiger partial charge < -0.3 is 20.3 Å². The van der Waals surface area contributed by atoms with Gasteiger partial charge in [0.25, 0.3) is 5.91 Å². The minimum absolute atomic E-state index is 0.101. The summed E-state index contributed by atoms with van der Waals surface area (Å²) in [5, 5.41) is 6.90. The number of thiophene rings is 1. The normalized spacial score (nSPS) is 18.5. The highest BCUT2D eigenvalue weighted by molar-refractivity contribution is 7.21. The molecule has 1 fully saturated rings. The highest BCUT2D eigenvalue weighted by Gasteiger charge is 2.34. The molecule has 32 heavy (non-hydrogen) atoms. The molecular weight excluding hydrogens is 426 g/mol. The molecule has 2 aliphatic heterocycles. The summed E-state index contributed by atoms with van der Waals surface area (Å²) in [4.78, 5) is 36.0. The largest absolute Gasteiger partial charge is 0.497 e. The predicted octanol–water partition coefficient (Wildman–Crippen LogP) is 4.12. The molecule has 9 heteroatoms. The summed E-state index contributed by atoms with van der Waals surface area (Å²) in [5.74, 6) is 0.565. The van der Waals surface area contributed by atoms with Crippen molar-refractivity contribution in [2.75, 3.05) is 37.5 Å². The third kappa shape index (κ3) is 3.47. The van der Waals surface area contributed by atoms with E-state index in [1.165, 1.54) is 11.3 Å². The fraction of sp³-hybridized carbons (Fsp3) is 0.348. The van der Waals surface area contributed by atoms with Crippen LogP contribution in [0.4, 0.5) is 21.9 Å². The topological polar surface area (TPSA) is 86.8 Å². The lowest BCUT2D eigenvalue weighted by atomic mass is 10.1. The Morgan fingerprint density at radius 2 is 2.16 bits per heavy atom. The van der Waals surface area contributed by atoms with Crippen LogP contribution in [0.25, 0.3) is 10.2 Å². The van der Waals surface area contributed by atoms with Gasteiger partial charge in [0.05, 0.1) is 29.6 Å². The van der Waals surface area contributed by atoms with Gasteiger partial charge in [-0.1, -0.05) is 0 Å². The number of nitrogens with zero attached hydrogens (tertiary/aromatic N) is 3. The summed E-state index contributed by atoms with van der Waals surface area (Å²) in [6.07, 6.45) is 3.69. The Labute approximate surface area is 190 Å². The molecule has 8 nitrogen and oxygen atoms in total. The molecule has 2 N–H and O–H groups in total. The average molecular weight is 452 g/mol. The first kappa shape index (κ1) is 20.7. The Bertz CT molecular complexity index is 1220. The van der Waals surface area contributed by atoms with Gasteiger partial charge in [-0.2, -0.15) is 0 Å². The van der Waals surface area contributed by atoms with Crippen molar-refractivity contribution in [3.05, 3.63) is 40.9 Å². The number of aromatic nitrogens is 1. The van der Waals surface area contributed by atoms with Gasteiger partial charge in [0.2, 0.25) is 0 Å². The molecule has 166 valence electrons. The average Bonchev–Trinajstić information content (AvgIpc) is 3.14. The van der Waals surface area contributed by atoms with Crippen LogP contribution in [0.5, 0.6) is 5.75 Å². The molecule has 3 amide bonds. The lowest BCUT2D eigenvalue weighted by molar-refractivity contribution is 0.0917. The Kier molecular flexibility index (Phi) is 5.22. The number of carbonyl (C=O) groups excluding carboxylic acids is 2. The third-order valence-corrected chi connectivity index (χ3v) is 7.15. The molecule has 1 saturated heterocycles. The van der Waals surface area contributed by atoms with Gasteiger partial charge in [-0.05, 0) is 63.2 Å². The highest BCUT2D eigenvalue weighted by Crippen LogP contribution is 2.46. The zero-order chi connectivity index (χ0) is 22.4. The molecule has 1 aromatic carbocycles. The number of methoxy groups -OCH3 is 1. The Morgan fingerprint density at radius 3 is 2.91 bits per heavy atom. The number of urea groups is 1. The van der Waals surface area contributed by atoms with Crippen molar-refractivity contribution in [1.82, 2.24) is 15.2 Å². The number of aryl methyl sites for hydroxylation is 1. The molecule has 1 atom stereocenters. The van der Waals surface area contributed by atoms with Crippen LogP contribution in [0, 0.1) is 6.92 Å². The van der Waals surface area contributed by atoms with Crippen molar-refractivity contribution in [3.8, 4) is 5.75 Å². The van der Waals surface area contributed by atoms with Gasteiger partial charge in [0.15, 0.2) is 0 Å². The van der Waals surface area contributed by atoms with E-state index in [1.54, 1.807) is 18.2 Å². The van der Waals surface area contributed by atoms with E-state index in [4.69, 9.17) is 4.74 Å². The van der Waals surface area contributed by atoms with Gasteiger partial charge in [-0.15, -0.1) is 11.3 Å². The second kappa shape index (κ2) is 8.07. The number of likely N-dealkylation sites (N-methyl/N-ethyl adjacent to an activating group) is 1. The van der Waals surface area contributed by atoms with Crippen LogP contribution < -0.4 is 20.3 Å². The molecule has 0 radical (unpaired) electrons. The zero-order valence-electron chi connectivity index (χ0n) is 18.3. The van der Waals surface area contributed by atoms with Crippen molar-refractivity contribution in [2.45, 2.75) is 25.8 Å². The Balaban J connectivity index is 1.54. The maximum Gasteiger partial charge on any atom is 0.331 e. The monoisotopic (exact) mass is 451 g/mol. The van der Waals surface area contributed by atoms with Crippen LogP contribution >= 0.6 is 11.3 Å². The standard InChI is InChI=1S/C23H25N5O3S/c1-13-11-15(31-3)6-7-16(13)28-17-8-9-24-22-18(17)19(26-23(28)30)20(32-22)21(29)25-14-5-4-10-27(2)12-14/h6-9,11,14H,4-5,10,12H2,1-3H3,(H,25,29)(H,26,30). The maximum absolute atomic E-state index is 13.2. The summed E-state index contributed by atoms with van der Waals surface area (Å²) >= 11 is 1.31. The number of benzene rings is 1. The molecule has 3 aromatic rings. The van der Waals surface area contributed by atoms with Crippen LogP contribution in [0.1, 0.15) is 28.1 Å². The maximum atomic E-state index is 13.2. The second-order valence-electron chi connectivity index (χ2n) is 8.31. The van der Waals surface area contributed by atoms with E-state index in [-0.39, 0.29) is 18.0 Å². The fourth-order valence-electron chi connectivity index (χ4n) is 4.52. The SMILES string of the molecule is COc1ccc(N2C(=O)Nc3c(C(=O)NC4CCCN(C)C4)sc4nccc2c34)c(C)c1. The molecule has 0 aliphatic carbocycles. The highest BCUT2D eigenvalue weighted by atomic mass is 32.1. The van der Waals surface area contributed by atoms with Gasteiger partial charge >= 0.3 is 6.03 Å². The summed E-state index contributed by atoms with van der Waals surface area (Å²) in [5.41, 5.74) is 2.92. The molecule has 1 unspecified atom stereocenters. The smallest absolute Gasteiger partial charge is 0.331 e. The molecule has 2 aliphatic rings. The number of pyridine rings is 1. The number of piperidine rings is 1. The minimum atomic E-state index is -0.303. The van der Waals surface area contributed by atoms with Crippen LogP contribution in [-0.2, 0) is 0 Å². The van der Waals surface area contributed by atoms with Crippen molar-refractivity contribution >= 4 is 50.6 Å². The zero-order valence-corrected chi connectivity index (χ0v) is 19.1. The molecule has 2 aromatic heterocycles. The Hall–Kier alpha value is -3.17. The molecule has 0 spiro atoms. The van der Waals surface area contributed by atoms with Gasteiger partial charge in [0.1, 0.15) is 15.5 Å². The fourth-order valence-corrected chi connectivity index (χ4v) is 5.55. The first-order chi connectivity index (χ1) is 15.5. The number of anilines is 3. The van der Waals surface area contributed by atoms with E-state index < -0.39 is 0 Å². The Morgan fingerprint density at radius 1 is 1.31 bits per heavy atom. The summed E-state index contributed by atoms with van der Waals surface area (Å²) < 4.78 is 5.30. The molecular formula is C23H25N5O3S. The molecule has 5 rings (SSSR count). The first-order valence-corrected chi connectivity index (χ1v) is 11.4. The summed E-state index contributed by atoms with van der Waals surface area (Å²) in [7, 11) is 3.68. The summed E-state index contributed by atoms with van der Waals surface area (Å²) in [6.45, 7) is 3.81. The molecule has 0 saturated carbocycles. The lowest BCUT2D eigenvalue weighted by Gasteiger charge is -2.31. The van der Waals surface area contributed by atoms with Gasteiger partial charge in [0, 0.05) is 18.8 Å². The number of nitrogens with one attached hydrogen (secondary N) is 2. The van der Waals surface area contributed by atoms with E-state index in [1.807, 2.05) is 31.2 Å². The number of rotatable bonds is 4. The van der Waals surface area contributed by atoms with Crippen molar-refractivity contribution in [1.29, 1.82) is 0 Å². The van der Waals surface area contributed by atoms with E-state index >= 15 is 0 Å². The van der Waals surface area contributed by atoms with Gasteiger partial charge in [-0.3, -0.25) is 9.69 Å². The van der Waals surface area contributed by atoms with E-state index in [0.29, 0.717) is 10.6 Å². The van der Waals surface area contributed by atoms with Crippen LogP contribution in [-0.4, -0.2) is 55.1 Å². The number of hydrogen-bond donors (Lipinski definition) is 2. The van der Waals surface area contributed by atoms with Crippen LogP contribution in [0.2, 0.25) is 0 Å². The quantitative estimate of drug-likeness (QED) is 0.623. The van der Waals surface area contributed by atoms with Crippen LogP contribution in [0.15, 0.2) is 30.5 Å². The van der Waals surface area contributed by atoms with Crippen molar-refractivity contribution in [3.63, 3.8) is 0 Å². The number of carbonyl (C=O) groups is 2. The van der Waals surface area contributed by atoms with Gasteiger partial charge in [-0.25, -0.2) is 9.78 Å². The first-order valence-electron chi connectivity index (χ1n) is 10.6.